The van der Waals surface area contributed by atoms with Gasteiger partial charge in [0.15, 0.2) is 0 Å². The molecule has 0 aromatic heterocycles. The van der Waals surface area contributed by atoms with E-state index in [-0.39, 0.29) is 0 Å². The molecule has 1 aliphatic rings. The fourth-order valence-electron chi connectivity index (χ4n) is 0.994. The maximum Gasteiger partial charge on any atom is 0.0863 e. The van der Waals surface area contributed by atoms with E-state index >= 15 is 0 Å². The highest BCUT2D eigenvalue weighted by Gasteiger charge is 2.09. The first-order valence-corrected chi connectivity index (χ1v) is 3.87. The van der Waals surface area contributed by atoms with Gasteiger partial charge in [-0.3, -0.25) is 0 Å². The quantitative estimate of drug-likeness (QED) is 0.594. The minimum absolute atomic E-state index is 0.369. The molecule has 0 amide bonds. The van der Waals surface area contributed by atoms with Gasteiger partial charge in [-0.15, -0.1) is 0 Å². The second-order valence-electron chi connectivity index (χ2n) is 2.64. The summed E-state index contributed by atoms with van der Waals surface area (Å²) in [5.74, 6) is 0. The maximum absolute atomic E-state index is 5.41. The zero-order valence-electron chi connectivity index (χ0n) is 6.68. The fraction of sp³-hybridized carbons (Fsp3) is 0.750. The van der Waals surface area contributed by atoms with Crippen molar-refractivity contribution >= 4 is 0 Å². The Hall–Kier alpha value is -0.500. The Bertz CT molecular complexity index is 121. The molecule has 2 heteroatoms. The lowest BCUT2D eigenvalue weighted by atomic mass is 10.3. The van der Waals surface area contributed by atoms with Gasteiger partial charge in [-0.2, -0.15) is 0 Å². The summed E-state index contributed by atoms with van der Waals surface area (Å²) in [7, 11) is 0. The van der Waals surface area contributed by atoms with Gasteiger partial charge >= 0.3 is 0 Å². The van der Waals surface area contributed by atoms with Gasteiger partial charge in [-0.25, -0.2) is 0 Å². The lowest BCUT2D eigenvalue weighted by molar-refractivity contribution is 0.0598. The van der Waals surface area contributed by atoms with Crippen LogP contribution < -0.4 is 5.32 Å². The molecule has 0 bridgehead atoms. The van der Waals surface area contributed by atoms with Crippen LogP contribution in [0.1, 0.15) is 20.3 Å². The van der Waals surface area contributed by atoms with Crippen LogP contribution in [-0.4, -0.2) is 19.3 Å². The molecule has 0 aliphatic carbocycles. The van der Waals surface area contributed by atoms with Gasteiger partial charge in [0, 0.05) is 12.2 Å². The summed E-state index contributed by atoms with van der Waals surface area (Å²) in [5.41, 5.74) is 1.24. The molecule has 58 valence electrons. The highest BCUT2D eigenvalue weighted by Crippen LogP contribution is 2.03. The van der Waals surface area contributed by atoms with Crippen LogP contribution >= 0.6 is 0 Å². The van der Waals surface area contributed by atoms with Crippen molar-refractivity contribution in [2.75, 3.05) is 13.2 Å². The summed E-state index contributed by atoms with van der Waals surface area (Å²) in [6.07, 6.45) is 3.63. The van der Waals surface area contributed by atoms with E-state index in [2.05, 4.69) is 25.2 Å². The molecule has 1 rings (SSSR count). The standard InChI is InChI=1S/C8H15NO/c1-3-4-8-6-10-7(2)5-9-8/h4,7,9H,3,5-6H2,1-2H3/b8-4-. The van der Waals surface area contributed by atoms with Crippen LogP contribution in [0, 0.1) is 0 Å². The van der Waals surface area contributed by atoms with E-state index in [0.717, 1.165) is 19.6 Å². The highest BCUT2D eigenvalue weighted by molar-refractivity contribution is 5.01. The summed E-state index contributed by atoms with van der Waals surface area (Å²) < 4.78 is 5.41. The molecule has 1 unspecified atom stereocenters. The number of nitrogens with one attached hydrogen (secondary N) is 1. The SMILES string of the molecule is CC/C=C1/COC(C)CN1. The summed E-state index contributed by atoms with van der Waals surface area (Å²) in [6, 6.07) is 0. The smallest absolute Gasteiger partial charge is 0.0863 e. The Morgan fingerprint density at radius 3 is 3.10 bits per heavy atom. The normalized spacial score (nSPS) is 30.2. The number of hydrogen-bond acceptors (Lipinski definition) is 2. The van der Waals surface area contributed by atoms with E-state index < -0.39 is 0 Å². The van der Waals surface area contributed by atoms with Gasteiger partial charge in [-0.05, 0) is 13.3 Å². The number of ether oxygens (including phenoxy) is 1. The van der Waals surface area contributed by atoms with Crippen molar-refractivity contribution in [3.8, 4) is 0 Å². The average molecular weight is 141 g/mol. The van der Waals surface area contributed by atoms with Gasteiger partial charge in [-0.1, -0.05) is 13.0 Å². The Labute approximate surface area is 62.3 Å². The third kappa shape index (κ3) is 2.03. The molecule has 1 saturated heterocycles. The number of hydrogen-bond donors (Lipinski definition) is 1. The lowest BCUT2D eigenvalue weighted by Gasteiger charge is -2.23. The fourth-order valence-corrected chi connectivity index (χ4v) is 0.994. The minimum atomic E-state index is 0.369. The molecule has 1 heterocycles. The van der Waals surface area contributed by atoms with Crippen LogP contribution in [0.3, 0.4) is 0 Å². The van der Waals surface area contributed by atoms with E-state index in [1.165, 1.54) is 5.70 Å². The first kappa shape index (κ1) is 7.61. The van der Waals surface area contributed by atoms with Gasteiger partial charge in [0.2, 0.25) is 0 Å². The summed E-state index contributed by atoms with van der Waals surface area (Å²) in [6.45, 7) is 5.92. The van der Waals surface area contributed by atoms with Crippen molar-refractivity contribution in [3.63, 3.8) is 0 Å². The molecule has 0 saturated carbocycles. The van der Waals surface area contributed by atoms with Crippen molar-refractivity contribution < 1.29 is 4.74 Å². The largest absolute Gasteiger partial charge is 0.384 e. The van der Waals surface area contributed by atoms with Gasteiger partial charge in [0.1, 0.15) is 0 Å². The van der Waals surface area contributed by atoms with Crippen LogP contribution in [-0.2, 0) is 4.74 Å². The molecule has 1 N–H and O–H groups in total. The van der Waals surface area contributed by atoms with Crippen molar-refractivity contribution in [2.45, 2.75) is 26.4 Å². The predicted molar refractivity (Wildman–Crippen MR) is 41.8 cm³/mol. The van der Waals surface area contributed by atoms with Crippen molar-refractivity contribution in [2.24, 2.45) is 0 Å². The molecular weight excluding hydrogens is 126 g/mol. The minimum Gasteiger partial charge on any atom is -0.384 e. The Balaban J connectivity index is 2.32. The Morgan fingerprint density at radius 1 is 1.80 bits per heavy atom. The maximum atomic E-state index is 5.41. The second-order valence-corrected chi connectivity index (χ2v) is 2.64. The molecule has 0 radical (unpaired) electrons. The van der Waals surface area contributed by atoms with E-state index in [4.69, 9.17) is 4.74 Å². The van der Waals surface area contributed by atoms with Crippen molar-refractivity contribution in [1.29, 1.82) is 0 Å². The van der Waals surface area contributed by atoms with Crippen molar-refractivity contribution in [3.05, 3.63) is 11.8 Å². The topological polar surface area (TPSA) is 21.3 Å². The summed E-state index contributed by atoms with van der Waals surface area (Å²) in [4.78, 5) is 0. The van der Waals surface area contributed by atoms with Gasteiger partial charge < -0.3 is 10.1 Å². The number of rotatable bonds is 1. The molecule has 1 atom stereocenters. The van der Waals surface area contributed by atoms with Crippen LogP contribution in [0.2, 0.25) is 0 Å². The zero-order chi connectivity index (χ0) is 7.40. The Kier molecular flexibility index (Phi) is 2.75. The van der Waals surface area contributed by atoms with E-state index in [1.807, 2.05) is 0 Å². The lowest BCUT2D eigenvalue weighted by Crippen LogP contribution is -2.34. The first-order chi connectivity index (χ1) is 4.83. The van der Waals surface area contributed by atoms with Crippen LogP contribution in [0.5, 0.6) is 0 Å². The van der Waals surface area contributed by atoms with E-state index in [1.54, 1.807) is 0 Å². The van der Waals surface area contributed by atoms with E-state index in [0.29, 0.717) is 6.10 Å². The van der Waals surface area contributed by atoms with Gasteiger partial charge in [0.05, 0.1) is 12.7 Å². The van der Waals surface area contributed by atoms with Crippen molar-refractivity contribution in [1.82, 2.24) is 5.32 Å². The van der Waals surface area contributed by atoms with Gasteiger partial charge in [0.25, 0.3) is 0 Å². The summed E-state index contributed by atoms with van der Waals surface area (Å²) >= 11 is 0. The third-order valence-electron chi connectivity index (χ3n) is 1.59. The predicted octanol–water partition coefficient (Wildman–Crippen LogP) is 1.29. The summed E-state index contributed by atoms with van der Waals surface area (Å²) in [5, 5.41) is 3.31. The average Bonchev–Trinajstić information content (AvgIpc) is 1.95. The molecule has 10 heavy (non-hydrogen) atoms. The monoisotopic (exact) mass is 141 g/mol. The molecule has 0 spiro atoms. The molecule has 1 fully saturated rings. The molecule has 2 nitrogen and oxygen atoms in total. The number of morpholine rings is 1. The molecule has 1 aliphatic heterocycles. The zero-order valence-corrected chi connectivity index (χ0v) is 6.68. The third-order valence-corrected chi connectivity index (χ3v) is 1.59. The molecule has 0 aromatic rings. The van der Waals surface area contributed by atoms with Crippen LogP contribution in [0.25, 0.3) is 0 Å². The van der Waals surface area contributed by atoms with E-state index in [9.17, 15) is 0 Å². The van der Waals surface area contributed by atoms with Crippen LogP contribution in [0.15, 0.2) is 11.8 Å². The molecule has 0 aromatic carbocycles. The Morgan fingerprint density at radius 2 is 2.60 bits per heavy atom. The highest BCUT2D eigenvalue weighted by atomic mass is 16.5. The second kappa shape index (κ2) is 3.62. The van der Waals surface area contributed by atoms with Crippen LogP contribution in [0.4, 0.5) is 0 Å². The first-order valence-electron chi connectivity index (χ1n) is 3.87. The molecular formula is C8H15NO. The number of allylic oxidation sites excluding steroid dienone is 1.